The Morgan fingerprint density at radius 1 is 1.38 bits per heavy atom. The quantitative estimate of drug-likeness (QED) is 0.439. The summed E-state index contributed by atoms with van der Waals surface area (Å²) in [5, 5.41) is 2.13. The number of benzene rings is 1. The first-order valence-corrected chi connectivity index (χ1v) is 7.97. The first kappa shape index (κ1) is 12.9. The van der Waals surface area contributed by atoms with Crippen LogP contribution >= 0.6 is 61.5 Å². The van der Waals surface area contributed by atoms with Gasteiger partial charge in [-0.05, 0) is 57.8 Å². The maximum Gasteiger partial charge on any atom is 0.0644 e. The van der Waals surface area contributed by atoms with Gasteiger partial charge in [-0.25, -0.2) is 0 Å². The molecule has 0 bridgehead atoms. The summed E-state index contributed by atoms with van der Waals surface area (Å²) < 4.78 is 2.30. The molecule has 1 aromatic carbocycles. The number of thiophene rings is 1. The van der Waals surface area contributed by atoms with E-state index in [9.17, 15) is 0 Å². The molecule has 84 valence electrons. The number of hydrogen-bond acceptors (Lipinski definition) is 1. The Hall–Kier alpha value is 0.420. The van der Waals surface area contributed by atoms with E-state index < -0.39 is 0 Å². The second-order valence-corrected chi connectivity index (χ2v) is 7.05. The summed E-state index contributed by atoms with van der Waals surface area (Å²) in [5.41, 5.74) is 1.20. The van der Waals surface area contributed by atoms with E-state index in [0.29, 0.717) is 0 Å². The van der Waals surface area contributed by atoms with Gasteiger partial charge in [0.1, 0.15) is 0 Å². The van der Waals surface area contributed by atoms with Crippen molar-refractivity contribution in [2.75, 3.05) is 0 Å². The molecule has 2 rings (SSSR count). The van der Waals surface area contributed by atoms with Crippen LogP contribution in [0.3, 0.4) is 0 Å². The normalized spacial score (nSPS) is 12.7. The molecule has 0 fully saturated rings. The third-order valence-electron chi connectivity index (χ3n) is 2.26. The Morgan fingerprint density at radius 3 is 2.88 bits per heavy atom. The number of hydrogen-bond donors (Lipinski definition) is 0. The van der Waals surface area contributed by atoms with Crippen molar-refractivity contribution in [2.45, 2.75) is 11.8 Å². The van der Waals surface area contributed by atoms with Crippen LogP contribution in [-0.2, 0) is 6.42 Å². The molecule has 0 saturated carbocycles. The lowest BCUT2D eigenvalue weighted by atomic mass is 10.1. The van der Waals surface area contributed by atoms with Gasteiger partial charge in [0, 0.05) is 19.3 Å². The minimum atomic E-state index is 0.0445. The lowest BCUT2D eigenvalue weighted by Gasteiger charge is -2.11. The minimum Gasteiger partial charge on any atom is -0.149 e. The van der Waals surface area contributed by atoms with Gasteiger partial charge in [-0.1, -0.05) is 22.0 Å². The van der Waals surface area contributed by atoms with Gasteiger partial charge in [0.25, 0.3) is 0 Å². The van der Waals surface area contributed by atoms with Gasteiger partial charge in [0.05, 0.1) is 5.38 Å². The number of halogens is 3. The molecule has 0 radical (unpaired) electrons. The molecule has 0 spiro atoms. The van der Waals surface area contributed by atoms with Crippen molar-refractivity contribution in [3.05, 3.63) is 54.2 Å². The Bertz CT molecular complexity index is 470. The topological polar surface area (TPSA) is 0 Å². The second kappa shape index (κ2) is 5.85. The first-order chi connectivity index (χ1) is 7.66. The monoisotopic (exact) mass is 426 g/mol. The highest BCUT2D eigenvalue weighted by atomic mass is 127. The molecular weight excluding hydrogens is 418 g/mol. The Morgan fingerprint density at radius 2 is 2.19 bits per heavy atom. The second-order valence-electron chi connectivity index (χ2n) is 3.42. The molecular formula is C12H9BrClIS. The summed E-state index contributed by atoms with van der Waals surface area (Å²) in [6, 6.07) is 10.4. The van der Waals surface area contributed by atoms with Gasteiger partial charge in [-0.15, -0.1) is 22.9 Å². The SMILES string of the molecule is ClC(Cc1cccs1)c1cc(Br)ccc1I. The van der Waals surface area contributed by atoms with Crippen molar-refractivity contribution in [1.82, 2.24) is 0 Å². The van der Waals surface area contributed by atoms with Crippen molar-refractivity contribution in [2.24, 2.45) is 0 Å². The highest BCUT2D eigenvalue weighted by Crippen LogP contribution is 2.31. The van der Waals surface area contributed by atoms with Crippen molar-refractivity contribution < 1.29 is 0 Å². The molecule has 0 N–H and O–H groups in total. The van der Waals surface area contributed by atoms with Gasteiger partial charge in [-0.2, -0.15) is 0 Å². The van der Waals surface area contributed by atoms with Crippen LogP contribution in [0.25, 0.3) is 0 Å². The standard InChI is InChI=1S/C12H9BrClIS/c13-8-3-4-12(15)10(6-8)11(14)7-9-2-1-5-16-9/h1-6,11H,7H2. The molecule has 1 aromatic heterocycles. The zero-order chi connectivity index (χ0) is 11.5. The maximum absolute atomic E-state index is 6.46. The van der Waals surface area contributed by atoms with Crippen LogP contribution in [0.15, 0.2) is 40.2 Å². The van der Waals surface area contributed by atoms with E-state index >= 15 is 0 Å². The van der Waals surface area contributed by atoms with Gasteiger partial charge >= 0.3 is 0 Å². The van der Waals surface area contributed by atoms with Crippen molar-refractivity contribution in [1.29, 1.82) is 0 Å². The van der Waals surface area contributed by atoms with E-state index in [1.54, 1.807) is 11.3 Å². The Kier molecular flexibility index (Phi) is 4.70. The summed E-state index contributed by atoms with van der Waals surface area (Å²) in [6.07, 6.45) is 0.895. The molecule has 0 nitrogen and oxygen atoms in total. The van der Waals surface area contributed by atoms with Crippen LogP contribution in [0.5, 0.6) is 0 Å². The van der Waals surface area contributed by atoms with Crippen LogP contribution in [0, 0.1) is 3.57 Å². The van der Waals surface area contributed by atoms with E-state index in [0.717, 1.165) is 10.9 Å². The highest BCUT2D eigenvalue weighted by molar-refractivity contribution is 14.1. The van der Waals surface area contributed by atoms with Gasteiger partial charge in [0.2, 0.25) is 0 Å². The predicted octanol–water partition coefficient (Wildman–Crippen LogP) is 5.64. The molecule has 0 aliphatic heterocycles. The maximum atomic E-state index is 6.46. The average molecular weight is 428 g/mol. The number of alkyl halides is 1. The van der Waals surface area contributed by atoms with Crippen molar-refractivity contribution in [3.8, 4) is 0 Å². The van der Waals surface area contributed by atoms with Crippen LogP contribution in [-0.4, -0.2) is 0 Å². The molecule has 2 aromatic rings. The van der Waals surface area contributed by atoms with Crippen molar-refractivity contribution in [3.63, 3.8) is 0 Å². The fourth-order valence-electron chi connectivity index (χ4n) is 1.47. The van der Waals surface area contributed by atoms with E-state index in [-0.39, 0.29) is 5.38 Å². The van der Waals surface area contributed by atoms with Crippen LogP contribution in [0.1, 0.15) is 15.8 Å². The Labute approximate surface area is 126 Å². The third-order valence-corrected chi connectivity index (χ3v) is 5.02. The average Bonchev–Trinajstić information content (AvgIpc) is 2.74. The summed E-state index contributed by atoms with van der Waals surface area (Å²) in [4.78, 5) is 1.33. The lowest BCUT2D eigenvalue weighted by Crippen LogP contribution is -1.97. The lowest BCUT2D eigenvalue weighted by molar-refractivity contribution is 0.930. The van der Waals surface area contributed by atoms with E-state index in [1.807, 2.05) is 6.07 Å². The molecule has 1 atom stereocenters. The van der Waals surface area contributed by atoms with E-state index in [2.05, 4.69) is 68.2 Å². The summed E-state index contributed by atoms with van der Waals surface area (Å²) in [6.45, 7) is 0. The summed E-state index contributed by atoms with van der Waals surface area (Å²) >= 11 is 14.0. The molecule has 0 aliphatic rings. The van der Waals surface area contributed by atoms with Crippen LogP contribution < -0.4 is 0 Å². The van der Waals surface area contributed by atoms with E-state index in [4.69, 9.17) is 11.6 Å². The molecule has 16 heavy (non-hydrogen) atoms. The first-order valence-electron chi connectivity index (χ1n) is 4.78. The molecule has 4 heteroatoms. The van der Waals surface area contributed by atoms with Crippen LogP contribution in [0.4, 0.5) is 0 Å². The smallest absolute Gasteiger partial charge is 0.0644 e. The van der Waals surface area contributed by atoms with Crippen molar-refractivity contribution >= 4 is 61.5 Å². The molecule has 0 amide bonds. The van der Waals surface area contributed by atoms with Gasteiger partial charge < -0.3 is 0 Å². The Balaban J connectivity index is 2.20. The number of rotatable bonds is 3. The molecule has 0 aliphatic carbocycles. The highest BCUT2D eigenvalue weighted by Gasteiger charge is 2.13. The minimum absolute atomic E-state index is 0.0445. The molecule has 0 saturated heterocycles. The van der Waals surface area contributed by atoms with Gasteiger partial charge in [0.15, 0.2) is 0 Å². The summed E-state index contributed by atoms with van der Waals surface area (Å²) in [5.74, 6) is 0. The largest absolute Gasteiger partial charge is 0.149 e. The zero-order valence-electron chi connectivity index (χ0n) is 8.29. The third kappa shape index (κ3) is 3.22. The van der Waals surface area contributed by atoms with Gasteiger partial charge in [-0.3, -0.25) is 0 Å². The predicted molar refractivity (Wildman–Crippen MR) is 83.5 cm³/mol. The zero-order valence-corrected chi connectivity index (χ0v) is 13.6. The fourth-order valence-corrected chi connectivity index (χ4v) is 3.93. The fraction of sp³-hybridized carbons (Fsp3) is 0.167. The van der Waals surface area contributed by atoms with Crippen LogP contribution in [0.2, 0.25) is 0 Å². The van der Waals surface area contributed by atoms with E-state index in [1.165, 1.54) is 14.0 Å². The molecule has 1 heterocycles. The summed E-state index contributed by atoms with van der Waals surface area (Å²) in [7, 11) is 0. The molecule has 1 unspecified atom stereocenters.